The molecule has 5 nitrogen and oxygen atoms in total. The van der Waals surface area contributed by atoms with Crippen molar-refractivity contribution in [1.29, 1.82) is 0 Å². The molecule has 0 radical (unpaired) electrons. The fourth-order valence-electron chi connectivity index (χ4n) is 2.94. The maximum absolute atomic E-state index is 14.3. The van der Waals surface area contributed by atoms with Crippen molar-refractivity contribution in [3.8, 4) is 11.5 Å². The van der Waals surface area contributed by atoms with E-state index in [0.29, 0.717) is 5.75 Å². The van der Waals surface area contributed by atoms with Gasteiger partial charge in [0.25, 0.3) is 0 Å². The molecule has 0 fully saturated rings. The minimum Gasteiger partial charge on any atom is -0.494 e. The summed E-state index contributed by atoms with van der Waals surface area (Å²) < 4.78 is 29.4. The zero-order valence-corrected chi connectivity index (χ0v) is 15.8. The first-order valence-electron chi connectivity index (χ1n) is 9.15. The topological polar surface area (TPSA) is 65.7 Å². The first-order chi connectivity index (χ1) is 13.5. The molecule has 0 saturated carbocycles. The first kappa shape index (κ1) is 19.6. The number of hydrogen-bond donors (Lipinski definition) is 0. The molecule has 0 saturated heterocycles. The van der Waals surface area contributed by atoms with Gasteiger partial charge in [0.2, 0.25) is 5.76 Å². The van der Waals surface area contributed by atoms with Crippen LogP contribution >= 0.6 is 0 Å². The number of rotatable bonds is 7. The van der Waals surface area contributed by atoms with E-state index in [0.717, 1.165) is 24.8 Å². The van der Waals surface area contributed by atoms with Crippen LogP contribution in [-0.4, -0.2) is 13.1 Å². The van der Waals surface area contributed by atoms with Crippen molar-refractivity contribution in [1.82, 2.24) is 0 Å². The maximum atomic E-state index is 14.3. The van der Waals surface area contributed by atoms with E-state index in [1.807, 2.05) is 12.1 Å². The fourth-order valence-corrected chi connectivity index (χ4v) is 2.94. The van der Waals surface area contributed by atoms with Crippen LogP contribution in [0.3, 0.4) is 0 Å². The average molecular weight is 384 g/mol. The van der Waals surface area contributed by atoms with Gasteiger partial charge in [-0.3, -0.25) is 0 Å². The Bertz CT molecular complexity index is 1040. The summed E-state index contributed by atoms with van der Waals surface area (Å²) in [6.07, 6.45) is 4.41. The predicted molar refractivity (Wildman–Crippen MR) is 104 cm³/mol. The van der Waals surface area contributed by atoms with Gasteiger partial charge in [-0.15, -0.1) is 0 Å². The Morgan fingerprint density at radius 1 is 1.11 bits per heavy atom. The van der Waals surface area contributed by atoms with Gasteiger partial charge in [-0.25, -0.2) is 14.0 Å². The minimum absolute atomic E-state index is 0.0749. The van der Waals surface area contributed by atoms with Crippen LogP contribution in [-0.2, 0) is 6.42 Å². The van der Waals surface area contributed by atoms with Crippen LogP contribution < -0.4 is 15.1 Å². The maximum Gasteiger partial charge on any atom is 0.379 e. The highest BCUT2D eigenvalue weighted by Crippen LogP contribution is 2.25. The lowest BCUT2D eigenvalue weighted by atomic mass is 10.1. The quantitative estimate of drug-likeness (QED) is 0.330. The molecule has 0 atom stereocenters. The monoisotopic (exact) mass is 384 g/mol. The van der Waals surface area contributed by atoms with Gasteiger partial charge in [-0.05, 0) is 48.1 Å². The summed E-state index contributed by atoms with van der Waals surface area (Å²) in [6.45, 7) is 2.15. The van der Waals surface area contributed by atoms with Crippen LogP contribution in [0.4, 0.5) is 4.39 Å². The molecule has 0 amide bonds. The van der Waals surface area contributed by atoms with E-state index >= 15 is 0 Å². The Morgan fingerprint density at radius 2 is 1.86 bits per heavy atom. The third-order valence-corrected chi connectivity index (χ3v) is 4.46. The van der Waals surface area contributed by atoms with Crippen LogP contribution in [0, 0.1) is 5.82 Å². The van der Waals surface area contributed by atoms with Crippen LogP contribution in [0.1, 0.15) is 42.3 Å². The molecule has 0 aliphatic rings. The van der Waals surface area contributed by atoms with Gasteiger partial charge in [-0.2, -0.15) is 0 Å². The number of unbranched alkanes of at least 4 members (excludes halogenated alkanes) is 2. The summed E-state index contributed by atoms with van der Waals surface area (Å²) in [7, 11) is 1.30. The van der Waals surface area contributed by atoms with E-state index in [2.05, 4.69) is 6.92 Å². The van der Waals surface area contributed by atoms with E-state index in [9.17, 15) is 14.0 Å². The third-order valence-electron chi connectivity index (χ3n) is 4.46. The molecule has 0 N–H and O–H groups in total. The summed E-state index contributed by atoms with van der Waals surface area (Å²) >= 11 is 0. The van der Waals surface area contributed by atoms with Gasteiger partial charge in [0.1, 0.15) is 11.1 Å². The molecule has 6 heteroatoms. The first-order valence-corrected chi connectivity index (χ1v) is 9.15. The summed E-state index contributed by atoms with van der Waals surface area (Å²) in [4.78, 5) is 24.5. The van der Waals surface area contributed by atoms with E-state index in [-0.39, 0.29) is 22.3 Å². The van der Waals surface area contributed by atoms with Crippen molar-refractivity contribution >= 4 is 16.7 Å². The molecule has 2 aromatic carbocycles. The normalized spacial score (nSPS) is 10.8. The largest absolute Gasteiger partial charge is 0.494 e. The standard InChI is InChI=1S/C22H21FO5/c1-3-4-5-6-14-7-10-16(11-8-14)27-21(24)18-13-15-9-12-17(26-2)20(23)19(15)22(25)28-18/h7-13H,3-6H2,1-2H3. The number of carbonyl (C=O) groups is 1. The fraction of sp³-hybridized carbons (Fsp3) is 0.273. The van der Waals surface area contributed by atoms with Crippen molar-refractivity contribution < 1.29 is 23.1 Å². The van der Waals surface area contributed by atoms with E-state index < -0.39 is 17.4 Å². The number of aryl methyl sites for hydroxylation is 1. The molecule has 0 spiro atoms. The number of fused-ring (bicyclic) bond motifs is 1. The highest BCUT2D eigenvalue weighted by molar-refractivity contribution is 5.93. The highest BCUT2D eigenvalue weighted by atomic mass is 19.1. The molecule has 0 unspecified atom stereocenters. The van der Waals surface area contributed by atoms with E-state index in [1.165, 1.54) is 31.7 Å². The lowest BCUT2D eigenvalue weighted by Crippen LogP contribution is -2.13. The Morgan fingerprint density at radius 3 is 2.54 bits per heavy atom. The van der Waals surface area contributed by atoms with Gasteiger partial charge >= 0.3 is 11.6 Å². The van der Waals surface area contributed by atoms with Crippen molar-refractivity contribution in [3.05, 3.63) is 70.0 Å². The minimum atomic E-state index is -0.966. The van der Waals surface area contributed by atoms with Crippen molar-refractivity contribution in [2.45, 2.75) is 32.6 Å². The molecule has 1 aromatic heterocycles. The molecular weight excluding hydrogens is 363 g/mol. The molecular formula is C22H21FO5. The number of ether oxygens (including phenoxy) is 2. The Labute approximate surface area is 161 Å². The second-order valence-electron chi connectivity index (χ2n) is 6.43. The Balaban J connectivity index is 1.79. The number of halogens is 1. The Hall–Kier alpha value is -3.15. The molecule has 1 heterocycles. The molecule has 3 aromatic rings. The van der Waals surface area contributed by atoms with Crippen LogP contribution in [0.5, 0.6) is 11.5 Å². The van der Waals surface area contributed by atoms with Crippen LogP contribution in [0.15, 0.2) is 51.7 Å². The number of hydrogen-bond acceptors (Lipinski definition) is 5. The summed E-state index contributed by atoms with van der Waals surface area (Å²) in [5.41, 5.74) is 0.196. The zero-order valence-electron chi connectivity index (χ0n) is 15.8. The number of methoxy groups -OCH3 is 1. The molecule has 0 aliphatic heterocycles. The van der Waals surface area contributed by atoms with Crippen LogP contribution in [0.25, 0.3) is 10.8 Å². The van der Waals surface area contributed by atoms with Crippen LogP contribution in [0.2, 0.25) is 0 Å². The lowest BCUT2D eigenvalue weighted by Gasteiger charge is -2.07. The molecule has 3 rings (SSSR count). The second kappa shape index (κ2) is 8.69. The van der Waals surface area contributed by atoms with E-state index in [1.54, 1.807) is 12.1 Å². The second-order valence-corrected chi connectivity index (χ2v) is 6.43. The molecule has 0 aliphatic carbocycles. The third kappa shape index (κ3) is 4.22. The molecule has 146 valence electrons. The van der Waals surface area contributed by atoms with Gasteiger partial charge in [-0.1, -0.05) is 38.0 Å². The summed E-state index contributed by atoms with van der Waals surface area (Å²) in [5, 5.41) is -0.0416. The number of esters is 1. The van der Waals surface area contributed by atoms with Gasteiger partial charge in [0.05, 0.1) is 7.11 Å². The summed E-state index contributed by atoms with van der Waals surface area (Å²) in [6, 6.07) is 11.3. The SMILES string of the molecule is CCCCCc1ccc(OC(=O)c2cc3ccc(OC)c(F)c3c(=O)o2)cc1. The summed E-state index contributed by atoms with van der Waals surface area (Å²) in [5.74, 6) is -1.68. The predicted octanol–water partition coefficient (Wildman–Crippen LogP) is 4.89. The van der Waals surface area contributed by atoms with Crippen molar-refractivity contribution in [2.75, 3.05) is 7.11 Å². The average Bonchev–Trinajstić information content (AvgIpc) is 2.69. The Kier molecular flexibility index (Phi) is 6.09. The highest BCUT2D eigenvalue weighted by Gasteiger charge is 2.18. The van der Waals surface area contributed by atoms with Gasteiger partial charge < -0.3 is 13.9 Å². The van der Waals surface area contributed by atoms with E-state index in [4.69, 9.17) is 13.9 Å². The lowest BCUT2D eigenvalue weighted by molar-refractivity contribution is 0.0697. The molecule has 0 bridgehead atoms. The van der Waals surface area contributed by atoms with Gasteiger partial charge in [0.15, 0.2) is 11.6 Å². The number of carbonyl (C=O) groups excluding carboxylic acids is 1. The zero-order chi connectivity index (χ0) is 20.1. The van der Waals surface area contributed by atoms with Crippen molar-refractivity contribution in [3.63, 3.8) is 0 Å². The van der Waals surface area contributed by atoms with Crippen molar-refractivity contribution in [2.24, 2.45) is 0 Å². The number of benzene rings is 2. The smallest absolute Gasteiger partial charge is 0.379 e. The van der Waals surface area contributed by atoms with Gasteiger partial charge in [0, 0.05) is 0 Å². The molecule has 28 heavy (non-hydrogen) atoms.